The number of amides is 1. The van der Waals surface area contributed by atoms with Gasteiger partial charge in [0, 0.05) is 55.2 Å². The molecule has 0 radical (unpaired) electrons. The molecule has 2 aromatic rings. The molecule has 1 aromatic carbocycles. The first-order valence-corrected chi connectivity index (χ1v) is 11.4. The van der Waals surface area contributed by atoms with Crippen molar-refractivity contribution in [2.75, 3.05) is 43.4 Å². The summed E-state index contributed by atoms with van der Waals surface area (Å²) in [5.74, 6) is 0.423. The number of nitrogens with zero attached hydrogens (tertiary/aromatic N) is 4. The quantitative estimate of drug-likeness (QED) is 0.620. The molecule has 1 saturated heterocycles. The Morgan fingerprint density at radius 2 is 1.71 bits per heavy atom. The average molecular weight is 468 g/mol. The molecule has 1 fully saturated rings. The Hall–Kier alpha value is -2.04. The summed E-state index contributed by atoms with van der Waals surface area (Å²) in [7, 11) is -3.35. The average Bonchev–Trinajstić information content (AvgIpc) is 2.72. The first-order valence-electron chi connectivity index (χ1n) is 8.99. The van der Waals surface area contributed by atoms with Gasteiger partial charge >= 0.3 is 0 Å². The number of hydrogen-bond acceptors (Lipinski definition) is 6. The van der Waals surface area contributed by atoms with Crippen LogP contribution in [0, 0.1) is 0 Å². The van der Waals surface area contributed by atoms with Crippen LogP contribution in [0.25, 0.3) is 0 Å². The summed E-state index contributed by atoms with van der Waals surface area (Å²) in [6.45, 7) is 2.25. The zero-order valence-electron chi connectivity index (χ0n) is 15.3. The Bertz CT molecular complexity index is 885. The monoisotopic (exact) mass is 467 g/mol. The molecular weight excluding hydrogens is 446 g/mol. The van der Waals surface area contributed by atoms with E-state index in [1.807, 2.05) is 4.90 Å². The first-order chi connectivity index (χ1) is 13.5. The highest BCUT2D eigenvalue weighted by molar-refractivity contribution is 9.10. The van der Waals surface area contributed by atoms with E-state index in [0.717, 1.165) is 4.47 Å². The molecule has 150 valence electrons. The van der Waals surface area contributed by atoms with Gasteiger partial charge in [0.2, 0.25) is 16.0 Å². The Balaban J connectivity index is 1.42. The molecule has 1 N–H and O–H groups in total. The smallest absolute Gasteiger partial charge is 0.251 e. The number of nitrogens with one attached hydrogen (secondary N) is 1. The van der Waals surface area contributed by atoms with Gasteiger partial charge in [0.1, 0.15) is 0 Å². The highest BCUT2D eigenvalue weighted by atomic mass is 79.9. The van der Waals surface area contributed by atoms with Gasteiger partial charge in [-0.2, -0.15) is 4.31 Å². The number of anilines is 1. The van der Waals surface area contributed by atoms with Crippen LogP contribution in [-0.2, 0) is 10.0 Å². The van der Waals surface area contributed by atoms with Crippen LogP contribution in [-0.4, -0.2) is 67.1 Å². The lowest BCUT2D eigenvalue weighted by atomic mass is 10.2. The molecule has 0 spiro atoms. The molecule has 0 atom stereocenters. The maximum Gasteiger partial charge on any atom is 0.251 e. The van der Waals surface area contributed by atoms with Gasteiger partial charge in [0.15, 0.2) is 0 Å². The van der Waals surface area contributed by atoms with Gasteiger partial charge in [-0.1, -0.05) is 15.9 Å². The second-order valence-electron chi connectivity index (χ2n) is 6.37. The van der Waals surface area contributed by atoms with Gasteiger partial charge in [-0.25, -0.2) is 18.4 Å². The van der Waals surface area contributed by atoms with E-state index in [2.05, 4.69) is 31.2 Å². The third kappa shape index (κ3) is 5.49. The summed E-state index contributed by atoms with van der Waals surface area (Å²) in [5.41, 5.74) is 0.547. The molecule has 10 heteroatoms. The Morgan fingerprint density at radius 3 is 2.36 bits per heavy atom. The highest BCUT2D eigenvalue weighted by Gasteiger charge is 2.27. The molecule has 8 nitrogen and oxygen atoms in total. The number of benzene rings is 1. The summed E-state index contributed by atoms with van der Waals surface area (Å²) < 4.78 is 27.5. The fraction of sp³-hybridized carbons (Fsp3) is 0.389. The van der Waals surface area contributed by atoms with E-state index in [1.165, 1.54) is 4.31 Å². The predicted molar refractivity (Wildman–Crippen MR) is 111 cm³/mol. The lowest BCUT2D eigenvalue weighted by Crippen LogP contribution is -2.49. The van der Waals surface area contributed by atoms with Crippen LogP contribution in [0.5, 0.6) is 0 Å². The molecule has 28 heavy (non-hydrogen) atoms. The topological polar surface area (TPSA) is 95.5 Å². The molecular formula is C18H22BrN5O3S. The lowest BCUT2D eigenvalue weighted by molar-refractivity contribution is 0.0953. The molecule has 1 amide bonds. The molecule has 0 bridgehead atoms. The van der Waals surface area contributed by atoms with Crippen molar-refractivity contribution in [1.29, 1.82) is 0 Å². The van der Waals surface area contributed by atoms with Crippen molar-refractivity contribution in [2.24, 2.45) is 0 Å². The van der Waals surface area contributed by atoms with Crippen molar-refractivity contribution < 1.29 is 13.2 Å². The van der Waals surface area contributed by atoms with Crippen LogP contribution < -0.4 is 10.2 Å². The van der Waals surface area contributed by atoms with Crippen LogP contribution in [0.2, 0.25) is 0 Å². The zero-order chi connectivity index (χ0) is 20.0. The van der Waals surface area contributed by atoms with Crippen molar-refractivity contribution in [3.8, 4) is 0 Å². The van der Waals surface area contributed by atoms with Crippen LogP contribution in [0.3, 0.4) is 0 Å². The molecule has 0 saturated carbocycles. The first kappa shape index (κ1) is 20.7. The van der Waals surface area contributed by atoms with Crippen LogP contribution >= 0.6 is 15.9 Å². The molecule has 0 unspecified atom stereocenters. The summed E-state index contributed by atoms with van der Waals surface area (Å²) in [4.78, 5) is 22.4. The summed E-state index contributed by atoms with van der Waals surface area (Å²) >= 11 is 3.32. The van der Waals surface area contributed by atoms with Crippen molar-refractivity contribution in [3.63, 3.8) is 0 Å². The third-order valence-electron chi connectivity index (χ3n) is 4.44. The molecule has 1 aliphatic heterocycles. The van der Waals surface area contributed by atoms with Gasteiger partial charge in [-0.05, 0) is 36.8 Å². The van der Waals surface area contributed by atoms with Gasteiger partial charge < -0.3 is 10.2 Å². The van der Waals surface area contributed by atoms with E-state index < -0.39 is 10.0 Å². The minimum atomic E-state index is -3.35. The second kappa shape index (κ2) is 9.44. The van der Waals surface area contributed by atoms with Crippen LogP contribution in [0.1, 0.15) is 16.8 Å². The highest BCUT2D eigenvalue weighted by Crippen LogP contribution is 2.13. The Morgan fingerprint density at radius 1 is 1.07 bits per heavy atom. The number of sulfonamides is 1. The molecule has 1 aromatic heterocycles. The fourth-order valence-electron chi connectivity index (χ4n) is 2.91. The Kier molecular flexibility index (Phi) is 6.97. The standard InChI is InChI=1S/C18H22BrN5O3S/c19-16-5-3-15(4-6-16)17(25)20-9-2-14-28(26,27)24-12-10-23(11-13-24)18-21-7-1-8-22-18/h1,3-8H,2,9-14H2,(H,20,25). The van der Waals surface area contributed by atoms with Crippen LogP contribution in [0.4, 0.5) is 5.95 Å². The number of piperazine rings is 1. The van der Waals surface area contributed by atoms with Crippen molar-refractivity contribution in [1.82, 2.24) is 19.6 Å². The maximum atomic E-state index is 12.5. The minimum Gasteiger partial charge on any atom is -0.352 e. The van der Waals surface area contributed by atoms with Crippen molar-refractivity contribution in [2.45, 2.75) is 6.42 Å². The number of halogens is 1. The van der Waals surface area contributed by atoms with E-state index in [-0.39, 0.29) is 11.7 Å². The molecule has 1 aliphatic rings. The summed E-state index contributed by atoms with van der Waals surface area (Å²) in [6.07, 6.45) is 3.72. The largest absolute Gasteiger partial charge is 0.352 e. The van der Waals surface area contributed by atoms with E-state index >= 15 is 0 Å². The summed E-state index contributed by atoms with van der Waals surface area (Å²) in [6, 6.07) is 8.76. The minimum absolute atomic E-state index is 0.00938. The van der Waals surface area contributed by atoms with Gasteiger partial charge in [-0.3, -0.25) is 4.79 Å². The van der Waals surface area contributed by atoms with E-state index in [9.17, 15) is 13.2 Å². The maximum absolute atomic E-state index is 12.5. The SMILES string of the molecule is O=C(NCCCS(=O)(=O)N1CCN(c2ncccn2)CC1)c1ccc(Br)cc1. The van der Waals surface area contributed by atoms with Gasteiger partial charge in [0.05, 0.1) is 5.75 Å². The third-order valence-corrected chi connectivity index (χ3v) is 6.92. The van der Waals surface area contributed by atoms with E-state index in [4.69, 9.17) is 0 Å². The van der Waals surface area contributed by atoms with E-state index in [1.54, 1.807) is 42.7 Å². The fourth-order valence-corrected chi connectivity index (χ4v) is 4.66. The number of hydrogen-bond donors (Lipinski definition) is 1. The lowest BCUT2D eigenvalue weighted by Gasteiger charge is -2.33. The summed E-state index contributed by atoms with van der Waals surface area (Å²) in [5, 5.41) is 2.76. The zero-order valence-corrected chi connectivity index (χ0v) is 17.7. The molecule has 3 rings (SSSR count). The molecule has 0 aliphatic carbocycles. The molecule has 2 heterocycles. The number of rotatable bonds is 7. The number of aromatic nitrogens is 2. The van der Waals surface area contributed by atoms with Gasteiger partial charge in [-0.15, -0.1) is 0 Å². The normalized spacial score (nSPS) is 15.4. The second-order valence-corrected chi connectivity index (χ2v) is 9.37. The van der Waals surface area contributed by atoms with Crippen molar-refractivity contribution >= 4 is 37.8 Å². The predicted octanol–water partition coefficient (Wildman–Crippen LogP) is 1.51. The Labute approximate surface area is 173 Å². The van der Waals surface area contributed by atoms with E-state index in [0.29, 0.717) is 50.7 Å². The number of carbonyl (C=O) groups is 1. The van der Waals surface area contributed by atoms with Crippen molar-refractivity contribution in [3.05, 3.63) is 52.8 Å². The number of carbonyl (C=O) groups excluding carboxylic acids is 1. The van der Waals surface area contributed by atoms with Crippen LogP contribution in [0.15, 0.2) is 47.2 Å². The van der Waals surface area contributed by atoms with Gasteiger partial charge in [0.25, 0.3) is 5.91 Å².